The van der Waals surface area contributed by atoms with E-state index in [4.69, 9.17) is 35.4 Å². The molecule has 1 amide bonds. The molecule has 0 spiro atoms. The summed E-state index contributed by atoms with van der Waals surface area (Å²) in [5.41, 5.74) is 7.76. The molecule has 3 heterocycles. The summed E-state index contributed by atoms with van der Waals surface area (Å²) >= 11 is 18.8. The first-order valence-electron chi connectivity index (χ1n) is 13.1. The van der Waals surface area contributed by atoms with Gasteiger partial charge in [-0.2, -0.15) is 0 Å². The number of hydrogen-bond donors (Lipinski definition) is 2. The summed E-state index contributed by atoms with van der Waals surface area (Å²) in [4.78, 5) is 19.8. The first-order valence-corrected chi connectivity index (χ1v) is 14.3. The molecule has 1 aliphatic heterocycles. The zero-order chi connectivity index (χ0) is 28.6. The van der Waals surface area contributed by atoms with Crippen molar-refractivity contribution in [2.75, 3.05) is 11.9 Å². The van der Waals surface area contributed by atoms with Crippen LogP contribution in [-0.2, 0) is 4.79 Å². The number of anilines is 1. The normalized spacial score (nSPS) is 16.8. The first kappa shape index (κ1) is 28.1. The minimum atomic E-state index is -0.195. The van der Waals surface area contributed by atoms with Crippen LogP contribution in [0.5, 0.6) is 0 Å². The van der Waals surface area contributed by atoms with Crippen LogP contribution < -0.4 is 10.6 Å². The molecule has 6 nitrogen and oxygen atoms in total. The highest BCUT2D eigenvalue weighted by Crippen LogP contribution is 2.42. The van der Waals surface area contributed by atoms with Crippen LogP contribution in [0.2, 0.25) is 10.0 Å². The molecule has 40 heavy (non-hydrogen) atoms. The fourth-order valence-corrected chi connectivity index (χ4v) is 6.12. The van der Waals surface area contributed by atoms with Gasteiger partial charge in [0, 0.05) is 36.2 Å². The number of nitrogens with zero attached hydrogens (tertiary/aromatic N) is 3. The number of hydrogen-bond acceptors (Lipinski definition) is 3. The van der Waals surface area contributed by atoms with Crippen molar-refractivity contribution in [3.63, 3.8) is 0 Å². The van der Waals surface area contributed by atoms with Gasteiger partial charge in [0.2, 0.25) is 5.91 Å². The molecule has 2 aromatic carbocycles. The molecule has 9 heteroatoms. The molecule has 1 aliphatic rings. The fraction of sp³-hybridized carbons (Fsp3) is 0.258. The third-order valence-electron chi connectivity index (χ3n) is 7.41. The third-order valence-corrected chi connectivity index (χ3v) is 8.57. The highest BCUT2D eigenvalue weighted by atomic mass is 35.5. The number of carbonyl (C=O) groups is 1. The molecule has 0 aliphatic carbocycles. The second-order valence-electron chi connectivity index (χ2n) is 10.2. The molecule has 0 unspecified atom stereocenters. The van der Waals surface area contributed by atoms with Gasteiger partial charge in [0.15, 0.2) is 5.11 Å². The molecule has 2 aromatic heterocycles. The molecule has 1 fully saturated rings. The Bertz CT molecular complexity index is 1590. The van der Waals surface area contributed by atoms with Crippen molar-refractivity contribution in [2.24, 2.45) is 0 Å². The number of carbonyl (C=O) groups excluding carboxylic acids is 1. The predicted molar refractivity (Wildman–Crippen MR) is 167 cm³/mol. The monoisotopic (exact) mass is 591 g/mol. The number of nitrogens with one attached hydrogen (secondary N) is 2. The Hall–Kier alpha value is -3.39. The predicted octanol–water partition coefficient (Wildman–Crippen LogP) is 7.41. The molecule has 2 atom stereocenters. The van der Waals surface area contributed by atoms with E-state index >= 15 is 0 Å². The number of rotatable bonds is 7. The van der Waals surface area contributed by atoms with Crippen LogP contribution in [0.25, 0.3) is 5.69 Å². The molecule has 0 radical (unpaired) electrons. The van der Waals surface area contributed by atoms with Crippen LogP contribution in [0.3, 0.4) is 0 Å². The minimum absolute atomic E-state index is 0.0623. The third kappa shape index (κ3) is 5.46. The smallest absolute Gasteiger partial charge is 0.226 e. The number of aromatic nitrogens is 2. The molecule has 0 saturated carbocycles. The van der Waals surface area contributed by atoms with Gasteiger partial charge in [0.05, 0.1) is 33.5 Å². The van der Waals surface area contributed by atoms with E-state index in [9.17, 15) is 4.79 Å². The quantitative estimate of drug-likeness (QED) is 0.219. The van der Waals surface area contributed by atoms with Crippen molar-refractivity contribution in [1.29, 1.82) is 0 Å². The maximum Gasteiger partial charge on any atom is 0.226 e. The van der Waals surface area contributed by atoms with E-state index in [1.54, 1.807) is 12.3 Å². The molecule has 206 valence electrons. The van der Waals surface area contributed by atoms with Crippen LogP contribution in [0.4, 0.5) is 5.69 Å². The van der Waals surface area contributed by atoms with Gasteiger partial charge in [-0.15, -0.1) is 0 Å². The van der Waals surface area contributed by atoms with E-state index in [2.05, 4.69) is 38.1 Å². The Labute approximate surface area is 250 Å². The average molecular weight is 593 g/mol. The number of thiocarbonyl (C=S) groups is 1. The summed E-state index contributed by atoms with van der Waals surface area (Å²) in [6.45, 7) is 8.56. The molecular weight excluding hydrogens is 561 g/mol. The van der Waals surface area contributed by atoms with E-state index < -0.39 is 0 Å². The van der Waals surface area contributed by atoms with Crippen LogP contribution >= 0.6 is 35.4 Å². The molecule has 4 aromatic rings. The van der Waals surface area contributed by atoms with Crippen molar-refractivity contribution in [3.05, 3.63) is 111 Å². The van der Waals surface area contributed by atoms with Gasteiger partial charge in [-0.3, -0.25) is 9.78 Å². The SMILES string of the molecule is Cc1ccc(C)c(NC(=O)CCN2C(=S)N[C@H](c3ccccn3)[C@H]2c2cc(C)n(-c3cccc(Cl)c3Cl)c2C)c1. The summed E-state index contributed by atoms with van der Waals surface area (Å²) in [6, 6.07) is 19.3. The van der Waals surface area contributed by atoms with Gasteiger partial charge < -0.3 is 20.1 Å². The van der Waals surface area contributed by atoms with Crippen LogP contribution in [0.15, 0.2) is 66.9 Å². The van der Waals surface area contributed by atoms with E-state index in [0.29, 0.717) is 21.7 Å². The lowest BCUT2D eigenvalue weighted by atomic mass is 9.96. The van der Waals surface area contributed by atoms with Crippen molar-refractivity contribution >= 4 is 52.1 Å². The lowest BCUT2D eigenvalue weighted by molar-refractivity contribution is -0.116. The molecule has 0 bridgehead atoms. The first-order chi connectivity index (χ1) is 19.2. The Morgan fingerprint density at radius 2 is 1.85 bits per heavy atom. The average Bonchev–Trinajstić information content (AvgIpc) is 3.41. The van der Waals surface area contributed by atoms with E-state index in [-0.39, 0.29) is 24.4 Å². The second kappa shape index (κ2) is 11.6. The van der Waals surface area contributed by atoms with Gasteiger partial charge in [-0.1, -0.05) is 47.5 Å². The lowest BCUT2D eigenvalue weighted by Gasteiger charge is -2.28. The Kier molecular flexibility index (Phi) is 8.17. The van der Waals surface area contributed by atoms with Gasteiger partial charge in [-0.05, 0) is 93.0 Å². The number of aryl methyl sites for hydroxylation is 3. The summed E-state index contributed by atoms with van der Waals surface area (Å²) < 4.78 is 2.12. The topological polar surface area (TPSA) is 62.2 Å². The van der Waals surface area contributed by atoms with E-state index in [0.717, 1.165) is 45.1 Å². The lowest BCUT2D eigenvalue weighted by Crippen LogP contribution is -2.33. The van der Waals surface area contributed by atoms with Crippen molar-refractivity contribution in [3.8, 4) is 5.69 Å². The molecular formula is C31H31Cl2N5OS. The number of pyridine rings is 1. The second-order valence-corrected chi connectivity index (χ2v) is 11.3. The van der Waals surface area contributed by atoms with Crippen LogP contribution in [0, 0.1) is 27.7 Å². The number of halogens is 2. The van der Waals surface area contributed by atoms with Crippen LogP contribution in [0.1, 0.15) is 52.3 Å². The van der Waals surface area contributed by atoms with E-state index in [1.807, 2.05) is 69.3 Å². The summed E-state index contributed by atoms with van der Waals surface area (Å²) in [5.74, 6) is -0.0623. The largest absolute Gasteiger partial charge is 0.352 e. The van der Waals surface area contributed by atoms with Gasteiger partial charge in [-0.25, -0.2) is 0 Å². The van der Waals surface area contributed by atoms with Crippen molar-refractivity contribution in [1.82, 2.24) is 19.8 Å². The Morgan fingerprint density at radius 3 is 2.60 bits per heavy atom. The van der Waals surface area contributed by atoms with Crippen molar-refractivity contribution < 1.29 is 4.79 Å². The zero-order valence-electron chi connectivity index (χ0n) is 22.8. The van der Waals surface area contributed by atoms with Gasteiger partial charge in [0.25, 0.3) is 0 Å². The maximum atomic E-state index is 13.1. The Morgan fingerprint density at radius 1 is 1.05 bits per heavy atom. The standard InChI is InChI=1S/C31H31Cl2N5OS/c1-18-11-12-19(2)25(16-18)35-27(39)13-15-37-30(29(36-31(37)40)24-9-5-6-14-34-24)22-17-20(3)38(21(22)4)26-10-7-8-23(32)28(26)33/h5-12,14,16-17,29-30H,13,15H2,1-4H3,(H,35,39)(H,36,40)/t29-,30-/m1/s1. The zero-order valence-corrected chi connectivity index (χ0v) is 25.2. The van der Waals surface area contributed by atoms with Crippen molar-refractivity contribution in [2.45, 2.75) is 46.2 Å². The van der Waals surface area contributed by atoms with Gasteiger partial charge >= 0.3 is 0 Å². The molecule has 2 N–H and O–H groups in total. The number of benzene rings is 2. The minimum Gasteiger partial charge on any atom is -0.352 e. The Balaban J connectivity index is 1.49. The van der Waals surface area contributed by atoms with E-state index in [1.165, 1.54) is 0 Å². The highest BCUT2D eigenvalue weighted by molar-refractivity contribution is 7.80. The maximum absolute atomic E-state index is 13.1. The summed E-state index contributed by atoms with van der Waals surface area (Å²) in [7, 11) is 0. The van der Waals surface area contributed by atoms with Gasteiger partial charge in [0.1, 0.15) is 0 Å². The number of amides is 1. The molecule has 1 saturated heterocycles. The summed E-state index contributed by atoms with van der Waals surface area (Å²) in [6.07, 6.45) is 2.06. The fourth-order valence-electron chi connectivity index (χ4n) is 5.41. The van der Waals surface area contributed by atoms with Crippen LogP contribution in [-0.4, -0.2) is 32.0 Å². The highest BCUT2D eigenvalue weighted by Gasteiger charge is 2.41. The summed E-state index contributed by atoms with van der Waals surface area (Å²) in [5, 5.41) is 8.14. The molecule has 5 rings (SSSR count).